The van der Waals surface area contributed by atoms with Gasteiger partial charge in [0.25, 0.3) is 0 Å². The number of halogens is 1. The molecule has 0 aliphatic carbocycles. The highest BCUT2D eigenvalue weighted by Crippen LogP contribution is 2.19. The van der Waals surface area contributed by atoms with Gasteiger partial charge in [0.1, 0.15) is 0 Å². The van der Waals surface area contributed by atoms with Gasteiger partial charge in [-0.3, -0.25) is 0 Å². The molecule has 62 valence electrons. The molecular weight excluding hydrogens is 174 g/mol. The SMILES string of the molecule is Clc1ccc(N2CCN=N2)cc1. The van der Waals surface area contributed by atoms with Crippen molar-refractivity contribution in [2.75, 3.05) is 18.1 Å². The third-order valence-electron chi connectivity index (χ3n) is 1.71. The molecule has 0 bridgehead atoms. The van der Waals surface area contributed by atoms with E-state index in [-0.39, 0.29) is 0 Å². The van der Waals surface area contributed by atoms with Gasteiger partial charge < -0.3 is 0 Å². The Morgan fingerprint density at radius 3 is 2.58 bits per heavy atom. The maximum atomic E-state index is 5.75. The molecule has 0 aromatic heterocycles. The number of hydrogen-bond acceptors (Lipinski definition) is 3. The van der Waals surface area contributed by atoms with Crippen molar-refractivity contribution in [3.8, 4) is 0 Å². The minimum Gasteiger partial charge on any atom is -0.245 e. The third kappa shape index (κ3) is 1.41. The zero-order valence-corrected chi connectivity index (χ0v) is 7.20. The van der Waals surface area contributed by atoms with E-state index in [4.69, 9.17) is 11.6 Å². The summed E-state index contributed by atoms with van der Waals surface area (Å²) in [6.45, 7) is 1.64. The van der Waals surface area contributed by atoms with Crippen LogP contribution in [0.1, 0.15) is 0 Å². The van der Waals surface area contributed by atoms with E-state index in [0.29, 0.717) is 0 Å². The van der Waals surface area contributed by atoms with Crippen LogP contribution < -0.4 is 5.01 Å². The van der Waals surface area contributed by atoms with Gasteiger partial charge in [0.2, 0.25) is 0 Å². The van der Waals surface area contributed by atoms with Crippen LogP contribution in [-0.4, -0.2) is 13.1 Å². The Labute approximate surface area is 75.6 Å². The molecule has 2 rings (SSSR count). The Kier molecular flexibility index (Phi) is 1.96. The zero-order valence-electron chi connectivity index (χ0n) is 6.44. The van der Waals surface area contributed by atoms with Crippen molar-refractivity contribution >= 4 is 17.3 Å². The van der Waals surface area contributed by atoms with Crippen LogP contribution in [0.25, 0.3) is 0 Å². The molecule has 1 aliphatic rings. The first-order valence-corrected chi connectivity index (χ1v) is 4.14. The molecule has 0 N–H and O–H groups in total. The minimum atomic E-state index is 0.745. The van der Waals surface area contributed by atoms with Gasteiger partial charge in [-0.1, -0.05) is 16.8 Å². The van der Waals surface area contributed by atoms with Crippen LogP contribution in [-0.2, 0) is 0 Å². The van der Waals surface area contributed by atoms with Crippen LogP contribution in [0.3, 0.4) is 0 Å². The minimum absolute atomic E-state index is 0.745. The molecule has 0 atom stereocenters. The second-order valence-electron chi connectivity index (χ2n) is 2.55. The topological polar surface area (TPSA) is 28.0 Å². The van der Waals surface area contributed by atoms with Crippen molar-refractivity contribution in [1.82, 2.24) is 0 Å². The lowest BCUT2D eigenvalue weighted by Crippen LogP contribution is -2.13. The first kappa shape index (κ1) is 7.55. The lowest BCUT2D eigenvalue weighted by Gasteiger charge is -2.10. The summed E-state index contributed by atoms with van der Waals surface area (Å²) in [6, 6.07) is 7.58. The number of anilines is 1. The molecule has 12 heavy (non-hydrogen) atoms. The van der Waals surface area contributed by atoms with Crippen molar-refractivity contribution in [2.24, 2.45) is 10.3 Å². The normalized spacial score (nSPS) is 15.6. The van der Waals surface area contributed by atoms with E-state index in [2.05, 4.69) is 10.3 Å². The second-order valence-corrected chi connectivity index (χ2v) is 2.99. The largest absolute Gasteiger partial charge is 0.245 e. The Morgan fingerprint density at radius 1 is 1.25 bits per heavy atom. The highest BCUT2D eigenvalue weighted by atomic mass is 35.5. The van der Waals surface area contributed by atoms with Crippen LogP contribution in [0, 0.1) is 0 Å². The molecule has 4 heteroatoms. The molecule has 0 fully saturated rings. The van der Waals surface area contributed by atoms with E-state index in [1.807, 2.05) is 29.3 Å². The van der Waals surface area contributed by atoms with Crippen LogP contribution in [0.15, 0.2) is 34.6 Å². The van der Waals surface area contributed by atoms with E-state index in [1.54, 1.807) is 0 Å². The first-order chi connectivity index (χ1) is 5.86. The molecule has 3 nitrogen and oxygen atoms in total. The van der Waals surface area contributed by atoms with Crippen LogP contribution >= 0.6 is 11.6 Å². The summed E-state index contributed by atoms with van der Waals surface area (Å²) >= 11 is 5.75. The van der Waals surface area contributed by atoms with Gasteiger partial charge in [0.15, 0.2) is 0 Å². The molecule has 1 aromatic rings. The van der Waals surface area contributed by atoms with E-state index in [9.17, 15) is 0 Å². The highest BCUT2D eigenvalue weighted by Gasteiger charge is 2.08. The van der Waals surface area contributed by atoms with Crippen LogP contribution in [0.2, 0.25) is 5.02 Å². The highest BCUT2D eigenvalue weighted by molar-refractivity contribution is 6.30. The molecule has 0 saturated carbocycles. The van der Waals surface area contributed by atoms with E-state index in [0.717, 1.165) is 23.8 Å². The van der Waals surface area contributed by atoms with Gasteiger partial charge >= 0.3 is 0 Å². The summed E-state index contributed by atoms with van der Waals surface area (Å²) < 4.78 is 0. The summed E-state index contributed by atoms with van der Waals surface area (Å²) in [7, 11) is 0. The van der Waals surface area contributed by atoms with Gasteiger partial charge in [-0.15, -0.1) is 0 Å². The standard InChI is InChI=1S/C8H8ClN3/c9-7-1-3-8(4-2-7)12-6-5-10-11-12/h1-4H,5-6H2. The molecule has 0 saturated heterocycles. The van der Waals surface area contributed by atoms with Crippen molar-refractivity contribution in [3.63, 3.8) is 0 Å². The average molecular weight is 182 g/mol. The number of benzene rings is 1. The van der Waals surface area contributed by atoms with Gasteiger partial charge in [-0.25, -0.2) is 5.01 Å². The summed E-state index contributed by atoms with van der Waals surface area (Å²) in [5.74, 6) is 0. The van der Waals surface area contributed by atoms with Crippen molar-refractivity contribution in [1.29, 1.82) is 0 Å². The molecule has 0 amide bonds. The van der Waals surface area contributed by atoms with E-state index >= 15 is 0 Å². The summed E-state index contributed by atoms with van der Waals surface area (Å²) in [6.07, 6.45) is 0. The monoisotopic (exact) mass is 181 g/mol. The summed E-state index contributed by atoms with van der Waals surface area (Å²) in [5, 5.41) is 10.4. The lowest BCUT2D eigenvalue weighted by atomic mass is 10.3. The van der Waals surface area contributed by atoms with E-state index < -0.39 is 0 Å². The average Bonchev–Trinajstić information content (AvgIpc) is 2.58. The van der Waals surface area contributed by atoms with Crippen LogP contribution in [0.5, 0.6) is 0 Å². The predicted molar refractivity (Wildman–Crippen MR) is 48.5 cm³/mol. The maximum absolute atomic E-state index is 5.75. The molecular formula is C8H8ClN3. The third-order valence-corrected chi connectivity index (χ3v) is 1.96. The molecule has 1 heterocycles. The summed E-state index contributed by atoms with van der Waals surface area (Å²) in [4.78, 5) is 0. The van der Waals surface area contributed by atoms with Gasteiger partial charge in [-0.05, 0) is 24.3 Å². The lowest BCUT2D eigenvalue weighted by molar-refractivity contribution is 0.944. The number of nitrogens with zero attached hydrogens (tertiary/aromatic N) is 3. The Morgan fingerprint density at radius 2 is 2.00 bits per heavy atom. The van der Waals surface area contributed by atoms with Crippen molar-refractivity contribution in [2.45, 2.75) is 0 Å². The number of hydrogen-bond donors (Lipinski definition) is 0. The van der Waals surface area contributed by atoms with E-state index in [1.165, 1.54) is 0 Å². The molecule has 1 aliphatic heterocycles. The Balaban J connectivity index is 2.23. The molecule has 0 spiro atoms. The smallest absolute Gasteiger partial charge is 0.0817 e. The quantitative estimate of drug-likeness (QED) is 0.654. The Hall–Kier alpha value is -1.09. The van der Waals surface area contributed by atoms with Crippen molar-refractivity contribution in [3.05, 3.63) is 29.3 Å². The fourth-order valence-corrected chi connectivity index (χ4v) is 1.23. The zero-order chi connectivity index (χ0) is 8.39. The Bertz CT molecular complexity index is 294. The van der Waals surface area contributed by atoms with Gasteiger partial charge in [0.05, 0.1) is 18.8 Å². The van der Waals surface area contributed by atoms with Crippen molar-refractivity contribution < 1.29 is 0 Å². The summed E-state index contributed by atoms with van der Waals surface area (Å²) in [5.41, 5.74) is 1.04. The second kappa shape index (κ2) is 3.11. The maximum Gasteiger partial charge on any atom is 0.0817 e. The number of rotatable bonds is 1. The molecule has 1 aromatic carbocycles. The van der Waals surface area contributed by atoms with Gasteiger partial charge in [0, 0.05) is 5.02 Å². The fraction of sp³-hybridized carbons (Fsp3) is 0.250. The van der Waals surface area contributed by atoms with Gasteiger partial charge in [-0.2, -0.15) is 5.11 Å². The fourth-order valence-electron chi connectivity index (χ4n) is 1.10. The molecule has 0 unspecified atom stereocenters. The van der Waals surface area contributed by atoms with Crippen LogP contribution in [0.4, 0.5) is 5.69 Å². The first-order valence-electron chi connectivity index (χ1n) is 3.77. The molecule has 0 radical (unpaired) electrons. The predicted octanol–water partition coefficient (Wildman–Crippen LogP) is 2.53.